The Morgan fingerprint density at radius 2 is 2.10 bits per heavy atom. The van der Waals surface area contributed by atoms with E-state index in [4.69, 9.17) is 0 Å². The third kappa shape index (κ3) is 5.25. The maximum Gasteiger partial charge on any atom is 0.252 e. The molecule has 1 rings (SSSR count). The highest BCUT2D eigenvalue weighted by Crippen LogP contribution is 2.25. The Bertz CT molecular complexity index is 526. The highest BCUT2D eigenvalue weighted by atomic mass is 32.2. The van der Waals surface area contributed by atoms with E-state index in [0.717, 1.165) is 17.7 Å². The molecule has 0 aromatic carbocycles. The second-order valence-electron chi connectivity index (χ2n) is 5.35. The number of rotatable bonds is 9. The van der Waals surface area contributed by atoms with Crippen LogP contribution in [0.5, 0.6) is 0 Å². The Labute approximate surface area is 137 Å². The smallest absolute Gasteiger partial charge is 0.252 e. The molecule has 1 aromatic rings. The number of nitrogens with zero attached hydrogens (tertiary/aromatic N) is 1. The molecular formula is C14H26N2O2S3. The lowest BCUT2D eigenvalue weighted by Crippen LogP contribution is -2.37. The van der Waals surface area contributed by atoms with Crippen molar-refractivity contribution in [2.24, 2.45) is 0 Å². The number of sulfonamides is 1. The second-order valence-corrected chi connectivity index (χ2v) is 9.39. The zero-order valence-electron chi connectivity index (χ0n) is 13.4. The van der Waals surface area contributed by atoms with Crippen LogP contribution in [0.2, 0.25) is 0 Å². The Morgan fingerprint density at radius 3 is 2.62 bits per heavy atom. The highest BCUT2D eigenvalue weighted by Gasteiger charge is 2.28. The number of nitrogens with one attached hydrogen (secondary N) is 1. The van der Waals surface area contributed by atoms with Gasteiger partial charge in [0.1, 0.15) is 4.21 Å². The van der Waals surface area contributed by atoms with E-state index in [1.54, 1.807) is 24.9 Å². The van der Waals surface area contributed by atoms with Crippen LogP contribution in [-0.2, 0) is 16.6 Å². The van der Waals surface area contributed by atoms with Crippen molar-refractivity contribution in [2.45, 2.75) is 50.0 Å². The third-order valence-electron chi connectivity index (χ3n) is 3.32. The van der Waals surface area contributed by atoms with Gasteiger partial charge >= 0.3 is 0 Å². The average Bonchev–Trinajstić information content (AvgIpc) is 2.91. The summed E-state index contributed by atoms with van der Waals surface area (Å²) in [4.78, 5) is 0. The van der Waals surface area contributed by atoms with Gasteiger partial charge in [0.05, 0.1) is 0 Å². The number of thioether (sulfide) groups is 1. The molecule has 0 fully saturated rings. The van der Waals surface area contributed by atoms with Crippen LogP contribution in [0, 0.1) is 0 Å². The van der Waals surface area contributed by atoms with Crippen molar-refractivity contribution in [1.29, 1.82) is 0 Å². The molecule has 0 aliphatic heterocycles. The van der Waals surface area contributed by atoms with Gasteiger partial charge in [0, 0.05) is 31.4 Å². The SMILES string of the molecule is CCC(CSC)N(C)S(=O)(=O)c1cc(CNC(C)C)cs1. The van der Waals surface area contributed by atoms with Crippen LogP contribution in [0.3, 0.4) is 0 Å². The molecule has 0 saturated heterocycles. The predicted molar refractivity (Wildman–Crippen MR) is 93.7 cm³/mol. The lowest BCUT2D eigenvalue weighted by atomic mass is 10.3. The molecule has 1 unspecified atom stereocenters. The molecular weight excluding hydrogens is 324 g/mol. The van der Waals surface area contributed by atoms with Gasteiger partial charge in [-0.15, -0.1) is 11.3 Å². The van der Waals surface area contributed by atoms with Gasteiger partial charge in [-0.3, -0.25) is 0 Å². The van der Waals surface area contributed by atoms with Crippen molar-refractivity contribution in [3.63, 3.8) is 0 Å². The van der Waals surface area contributed by atoms with Crippen LogP contribution in [0.4, 0.5) is 0 Å². The molecule has 0 aliphatic carbocycles. The first-order chi connectivity index (χ1) is 9.82. The first kappa shape index (κ1) is 19.0. The summed E-state index contributed by atoms with van der Waals surface area (Å²) in [5.74, 6) is 0.819. The van der Waals surface area contributed by atoms with E-state index in [0.29, 0.717) is 16.8 Å². The van der Waals surface area contributed by atoms with Crippen LogP contribution in [0.15, 0.2) is 15.7 Å². The monoisotopic (exact) mass is 350 g/mol. The minimum absolute atomic E-state index is 0.0457. The Balaban J connectivity index is 2.87. The molecule has 0 amide bonds. The summed E-state index contributed by atoms with van der Waals surface area (Å²) in [6.45, 7) is 6.88. The minimum atomic E-state index is -3.38. The lowest BCUT2D eigenvalue weighted by Gasteiger charge is -2.25. The van der Waals surface area contributed by atoms with Gasteiger partial charge in [0.2, 0.25) is 0 Å². The Morgan fingerprint density at radius 1 is 1.43 bits per heavy atom. The fraction of sp³-hybridized carbons (Fsp3) is 0.714. The van der Waals surface area contributed by atoms with E-state index in [-0.39, 0.29) is 6.04 Å². The first-order valence-electron chi connectivity index (χ1n) is 7.10. The zero-order chi connectivity index (χ0) is 16.0. The minimum Gasteiger partial charge on any atom is -0.310 e. The van der Waals surface area contributed by atoms with Crippen LogP contribution in [0.25, 0.3) is 0 Å². The zero-order valence-corrected chi connectivity index (χ0v) is 15.9. The van der Waals surface area contributed by atoms with Crippen molar-refractivity contribution in [1.82, 2.24) is 9.62 Å². The van der Waals surface area contributed by atoms with E-state index >= 15 is 0 Å². The van der Waals surface area contributed by atoms with Crippen molar-refractivity contribution >= 4 is 33.1 Å². The molecule has 1 atom stereocenters. The van der Waals surface area contributed by atoms with Crippen molar-refractivity contribution in [3.8, 4) is 0 Å². The fourth-order valence-corrected chi connectivity index (χ4v) is 5.67. The summed E-state index contributed by atoms with van der Waals surface area (Å²) in [5, 5.41) is 5.23. The first-order valence-corrected chi connectivity index (χ1v) is 10.8. The third-order valence-corrected chi connectivity index (χ3v) is 7.41. The van der Waals surface area contributed by atoms with E-state index in [2.05, 4.69) is 19.2 Å². The number of hydrogen-bond acceptors (Lipinski definition) is 5. The molecule has 21 heavy (non-hydrogen) atoms. The summed E-state index contributed by atoms with van der Waals surface area (Å²) in [6.07, 6.45) is 2.83. The molecule has 0 radical (unpaired) electrons. The van der Waals surface area contributed by atoms with Crippen molar-refractivity contribution in [3.05, 3.63) is 17.0 Å². The fourth-order valence-electron chi connectivity index (χ4n) is 1.91. The van der Waals surface area contributed by atoms with Gasteiger partial charge in [-0.25, -0.2) is 8.42 Å². The van der Waals surface area contributed by atoms with Crippen LogP contribution in [-0.4, -0.2) is 43.9 Å². The maximum atomic E-state index is 12.7. The van der Waals surface area contributed by atoms with Gasteiger partial charge in [0.25, 0.3) is 10.0 Å². The Hall–Kier alpha value is -0.0800. The van der Waals surface area contributed by atoms with Crippen LogP contribution >= 0.6 is 23.1 Å². The van der Waals surface area contributed by atoms with Crippen LogP contribution in [0.1, 0.15) is 32.8 Å². The molecule has 0 spiro atoms. The normalized spacial score (nSPS) is 14.0. The van der Waals surface area contributed by atoms with Gasteiger partial charge < -0.3 is 5.32 Å². The molecule has 1 heterocycles. The van der Waals surface area contributed by atoms with Gasteiger partial charge in [-0.05, 0) is 29.7 Å². The molecule has 0 aliphatic rings. The molecule has 7 heteroatoms. The van der Waals surface area contributed by atoms with Gasteiger partial charge in [-0.1, -0.05) is 20.8 Å². The summed E-state index contributed by atoms with van der Waals surface area (Å²) < 4.78 is 27.3. The lowest BCUT2D eigenvalue weighted by molar-refractivity contribution is 0.386. The van der Waals surface area contributed by atoms with Crippen molar-refractivity contribution in [2.75, 3.05) is 19.1 Å². The van der Waals surface area contributed by atoms with Crippen molar-refractivity contribution < 1.29 is 8.42 Å². The summed E-state index contributed by atoms with van der Waals surface area (Å²) in [6, 6.07) is 2.22. The summed E-state index contributed by atoms with van der Waals surface area (Å²) in [7, 11) is -1.69. The largest absolute Gasteiger partial charge is 0.310 e. The predicted octanol–water partition coefficient (Wildman–Crippen LogP) is 3.01. The standard InChI is InChI=1S/C14H26N2O2S3/c1-6-13(10-19-5)16(4)21(17,18)14-7-12(9-20-14)8-15-11(2)3/h7,9,11,13,15H,6,8,10H2,1-5H3. The number of hydrogen-bond donors (Lipinski definition) is 1. The topological polar surface area (TPSA) is 49.4 Å². The van der Waals surface area contributed by atoms with E-state index < -0.39 is 10.0 Å². The second kappa shape index (κ2) is 8.53. The molecule has 0 saturated carbocycles. The summed E-state index contributed by atoms with van der Waals surface area (Å²) >= 11 is 2.98. The molecule has 1 aromatic heterocycles. The van der Waals surface area contributed by atoms with Gasteiger partial charge in [0.15, 0.2) is 0 Å². The van der Waals surface area contributed by atoms with Crippen LogP contribution < -0.4 is 5.32 Å². The molecule has 0 bridgehead atoms. The summed E-state index contributed by atoms with van der Waals surface area (Å²) in [5.41, 5.74) is 1.03. The van der Waals surface area contributed by atoms with E-state index in [1.165, 1.54) is 15.6 Å². The Kier molecular flexibility index (Phi) is 7.70. The molecule has 4 nitrogen and oxygen atoms in total. The highest BCUT2D eigenvalue weighted by molar-refractivity contribution is 7.98. The van der Waals surface area contributed by atoms with E-state index in [9.17, 15) is 8.42 Å². The molecule has 122 valence electrons. The average molecular weight is 351 g/mol. The maximum absolute atomic E-state index is 12.7. The quantitative estimate of drug-likeness (QED) is 0.744. The van der Waals surface area contributed by atoms with E-state index in [1.807, 2.05) is 18.6 Å². The number of thiophene rings is 1. The van der Waals surface area contributed by atoms with Gasteiger partial charge in [-0.2, -0.15) is 16.1 Å². The molecule has 1 N–H and O–H groups in total.